The van der Waals surface area contributed by atoms with E-state index in [-0.39, 0.29) is 5.92 Å². The molecule has 1 aliphatic carbocycles. The van der Waals surface area contributed by atoms with Crippen LogP contribution >= 0.6 is 0 Å². The molecule has 58 valence electrons. The van der Waals surface area contributed by atoms with Crippen molar-refractivity contribution in [3.63, 3.8) is 0 Å². The van der Waals surface area contributed by atoms with Crippen molar-refractivity contribution >= 4 is 5.69 Å². The van der Waals surface area contributed by atoms with Crippen molar-refractivity contribution in [1.82, 2.24) is 0 Å². The smallest absolute Gasteiger partial charge is 0.108 e. The van der Waals surface area contributed by atoms with E-state index in [0.717, 1.165) is 11.3 Å². The second-order valence-corrected chi connectivity index (χ2v) is 3.02. The lowest BCUT2D eigenvalue weighted by atomic mass is 10.1. The van der Waals surface area contributed by atoms with E-state index in [1.54, 1.807) is 0 Å². The van der Waals surface area contributed by atoms with Gasteiger partial charge in [-0.1, -0.05) is 12.1 Å². The van der Waals surface area contributed by atoms with Crippen LogP contribution in [0.3, 0.4) is 0 Å². The number of alkyl halides is 1. The predicted octanol–water partition coefficient (Wildman–Crippen LogP) is 2.09. The third kappa shape index (κ3) is 1.20. The van der Waals surface area contributed by atoms with Crippen LogP contribution in [0.5, 0.6) is 0 Å². The van der Waals surface area contributed by atoms with Crippen LogP contribution in [0, 0.1) is 0 Å². The molecule has 1 aromatic rings. The van der Waals surface area contributed by atoms with Gasteiger partial charge in [0.05, 0.1) is 0 Å². The molecular formula is C9H10FN. The van der Waals surface area contributed by atoms with Gasteiger partial charge in [-0.05, 0) is 24.1 Å². The molecule has 2 N–H and O–H groups in total. The quantitative estimate of drug-likeness (QED) is 0.611. The van der Waals surface area contributed by atoms with Crippen LogP contribution in [-0.2, 0) is 0 Å². The first-order valence-corrected chi connectivity index (χ1v) is 3.77. The Balaban J connectivity index is 2.21. The average Bonchev–Trinajstić information content (AvgIpc) is 2.69. The van der Waals surface area contributed by atoms with Gasteiger partial charge in [0.1, 0.15) is 6.17 Å². The lowest BCUT2D eigenvalue weighted by Crippen LogP contribution is -1.86. The van der Waals surface area contributed by atoms with Crippen LogP contribution in [0.1, 0.15) is 17.9 Å². The summed E-state index contributed by atoms with van der Waals surface area (Å²) in [5.41, 5.74) is 7.30. The fourth-order valence-electron chi connectivity index (χ4n) is 1.25. The Kier molecular flexibility index (Phi) is 1.34. The highest BCUT2D eigenvalue weighted by molar-refractivity contribution is 5.41. The van der Waals surface area contributed by atoms with E-state index in [0.29, 0.717) is 6.42 Å². The summed E-state index contributed by atoms with van der Waals surface area (Å²) < 4.78 is 12.5. The topological polar surface area (TPSA) is 26.0 Å². The van der Waals surface area contributed by atoms with Gasteiger partial charge in [-0.3, -0.25) is 0 Å². The summed E-state index contributed by atoms with van der Waals surface area (Å²) in [7, 11) is 0. The van der Waals surface area contributed by atoms with Crippen molar-refractivity contribution in [2.45, 2.75) is 18.5 Å². The maximum absolute atomic E-state index is 12.5. The average molecular weight is 151 g/mol. The molecule has 0 heterocycles. The maximum atomic E-state index is 12.5. The van der Waals surface area contributed by atoms with E-state index in [9.17, 15) is 4.39 Å². The zero-order chi connectivity index (χ0) is 7.84. The van der Waals surface area contributed by atoms with Gasteiger partial charge in [-0.15, -0.1) is 0 Å². The minimum absolute atomic E-state index is 0.149. The van der Waals surface area contributed by atoms with Gasteiger partial charge in [-0.25, -0.2) is 4.39 Å². The van der Waals surface area contributed by atoms with Crippen molar-refractivity contribution in [1.29, 1.82) is 0 Å². The van der Waals surface area contributed by atoms with Gasteiger partial charge >= 0.3 is 0 Å². The zero-order valence-electron chi connectivity index (χ0n) is 6.13. The standard InChI is InChI=1S/C9H10FN/c10-9-5-8(9)6-1-3-7(11)4-2-6/h1-4,8-9H,5,11H2. The first-order valence-electron chi connectivity index (χ1n) is 3.77. The zero-order valence-corrected chi connectivity index (χ0v) is 6.13. The first-order chi connectivity index (χ1) is 5.27. The number of nitrogen functional groups attached to an aromatic ring is 1. The molecule has 11 heavy (non-hydrogen) atoms. The highest BCUT2D eigenvalue weighted by Crippen LogP contribution is 2.43. The molecule has 0 spiro atoms. The number of hydrogen-bond acceptors (Lipinski definition) is 1. The number of anilines is 1. The molecule has 1 nitrogen and oxygen atoms in total. The molecule has 1 fully saturated rings. The Labute approximate surface area is 65.0 Å². The fourth-order valence-corrected chi connectivity index (χ4v) is 1.25. The van der Waals surface area contributed by atoms with Gasteiger partial charge in [0.2, 0.25) is 0 Å². The number of hydrogen-bond donors (Lipinski definition) is 1. The summed E-state index contributed by atoms with van der Waals surface area (Å²) in [5, 5.41) is 0. The molecule has 0 radical (unpaired) electrons. The lowest BCUT2D eigenvalue weighted by molar-refractivity contribution is 0.468. The van der Waals surface area contributed by atoms with Gasteiger partial charge in [0.25, 0.3) is 0 Å². The fraction of sp³-hybridized carbons (Fsp3) is 0.333. The molecule has 1 aromatic carbocycles. The predicted molar refractivity (Wildman–Crippen MR) is 43.1 cm³/mol. The molecule has 2 heteroatoms. The molecule has 2 atom stereocenters. The monoisotopic (exact) mass is 151 g/mol. The van der Waals surface area contributed by atoms with Gasteiger partial charge in [0, 0.05) is 11.6 Å². The number of rotatable bonds is 1. The number of halogens is 1. The first kappa shape index (κ1) is 6.65. The van der Waals surface area contributed by atoms with Crippen molar-refractivity contribution in [3.05, 3.63) is 29.8 Å². The van der Waals surface area contributed by atoms with Crippen LogP contribution in [0.25, 0.3) is 0 Å². The summed E-state index contributed by atoms with van der Waals surface area (Å²) >= 11 is 0. The Morgan fingerprint density at radius 1 is 1.27 bits per heavy atom. The normalized spacial score (nSPS) is 28.5. The largest absolute Gasteiger partial charge is 0.399 e. The molecule has 2 unspecified atom stereocenters. The molecule has 1 saturated carbocycles. The van der Waals surface area contributed by atoms with Gasteiger partial charge in [-0.2, -0.15) is 0 Å². The van der Waals surface area contributed by atoms with Gasteiger partial charge in [0.15, 0.2) is 0 Å². The van der Waals surface area contributed by atoms with Gasteiger partial charge < -0.3 is 5.73 Å². The lowest BCUT2D eigenvalue weighted by Gasteiger charge is -1.96. The van der Waals surface area contributed by atoms with Crippen molar-refractivity contribution in [2.75, 3.05) is 5.73 Å². The highest BCUT2D eigenvalue weighted by Gasteiger charge is 2.38. The van der Waals surface area contributed by atoms with E-state index in [1.165, 1.54) is 0 Å². The molecule has 0 saturated heterocycles. The summed E-state index contributed by atoms with van der Waals surface area (Å²) in [6, 6.07) is 7.44. The summed E-state index contributed by atoms with van der Waals surface area (Å²) in [5.74, 6) is 0.149. The number of nitrogens with two attached hydrogens (primary N) is 1. The van der Waals surface area contributed by atoms with Crippen LogP contribution < -0.4 is 5.73 Å². The highest BCUT2D eigenvalue weighted by atomic mass is 19.1. The number of benzene rings is 1. The summed E-state index contributed by atoms with van der Waals surface area (Å²) in [6.45, 7) is 0. The second kappa shape index (κ2) is 2.22. The van der Waals surface area contributed by atoms with Crippen molar-refractivity contribution in [2.24, 2.45) is 0 Å². The molecule has 0 aliphatic heterocycles. The molecule has 0 amide bonds. The van der Waals surface area contributed by atoms with Crippen LogP contribution in [0.2, 0.25) is 0 Å². The van der Waals surface area contributed by atoms with E-state index in [1.807, 2.05) is 24.3 Å². The Morgan fingerprint density at radius 3 is 2.27 bits per heavy atom. The Bertz CT molecular complexity index is 255. The van der Waals surface area contributed by atoms with E-state index >= 15 is 0 Å². The summed E-state index contributed by atoms with van der Waals surface area (Å²) in [6.07, 6.45) is 0.0721. The SMILES string of the molecule is Nc1ccc(C2CC2F)cc1. The molecule has 1 aliphatic rings. The van der Waals surface area contributed by atoms with E-state index < -0.39 is 6.17 Å². The third-order valence-corrected chi connectivity index (χ3v) is 2.08. The van der Waals surface area contributed by atoms with Crippen LogP contribution in [0.4, 0.5) is 10.1 Å². The van der Waals surface area contributed by atoms with Crippen molar-refractivity contribution < 1.29 is 4.39 Å². The Morgan fingerprint density at radius 2 is 1.82 bits per heavy atom. The molecule has 0 bridgehead atoms. The third-order valence-electron chi connectivity index (χ3n) is 2.08. The molecular weight excluding hydrogens is 141 g/mol. The minimum Gasteiger partial charge on any atom is -0.399 e. The Hall–Kier alpha value is -1.05. The minimum atomic E-state index is -0.612. The molecule has 0 aromatic heterocycles. The molecule has 2 rings (SSSR count). The maximum Gasteiger partial charge on any atom is 0.108 e. The van der Waals surface area contributed by atoms with Crippen molar-refractivity contribution in [3.8, 4) is 0 Å². The summed E-state index contributed by atoms with van der Waals surface area (Å²) in [4.78, 5) is 0. The second-order valence-electron chi connectivity index (χ2n) is 3.02. The van der Waals surface area contributed by atoms with Crippen LogP contribution in [0.15, 0.2) is 24.3 Å². The van der Waals surface area contributed by atoms with Crippen LogP contribution in [-0.4, -0.2) is 6.17 Å². The van der Waals surface area contributed by atoms with E-state index in [4.69, 9.17) is 5.73 Å². The van der Waals surface area contributed by atoms with E-state index in [2.05, 4.69) is 0 Å².